The maximum Gasteiger partial charge on any atom is 0.263 e. The van der Waals surface area contributed by atoms with Gasteiger partial charge in [0, 0.05) is 23.8 Å². The number of aryl methyl sites for hydroxylation is 2. The number of halogens is 1. The standard InChI is InChI=1S/C14H20BrNOS/c1-16(9-4-2-3-8-15)14(17)13-10-11-6-5-7-12(11)18-13/h10H,2-9H2,1H3. The molecule has 0 N–H and O–H groups in total. The van der Waals surface area contributed by atoms with Gasteiger partial charge in [-0.25, -0.2) is 0 Å². The number of fused-ring (bicyclic) bond motifs is 1. The van der Waals surface area contributed by atoms with E-state index in [-0.39, 0.29) is 5.91 Å². The summed E-state index contributed by atoms with van der Waals surface area (Å²) in [5.41, 5.74) is 1.41. The Bertz CT molecular complexity index is 394. The molecular weight excluding hydrogens is 310 g/mol. The monoisotopic (exact) mass is 329 g/mol. The Balaban J connectivity index is 1.85. The molecule has 0 bridgehead atoms. The van der Waals surface area contributed by atoms with Gasteiger partial charge >= 0.3 is 0 Å². The maximum atomic E-state index is 12.2. The molecule has 0 saturated heterocycles. The lowest BCUT2D eigenvalue weighted by atomic mass is 10.2. The van der Waals surface area contributed by atoms with Crippen molar-refractivity contribution in [1.82, 2.24) is 4.90 Å². The fourth-order valence-electron chi connectivity index (χ4n) is 2.34. The number of amides is 1. The zero-order valence-corrected chi connectivity index (χ0v) is 13.3. The Kier molecular flexibility index (Phi) is 5.25. The van der Waals surface area contributed by atoms with Crippen LogP contribution in [0, 0.1) is 0 Å². The Hall–Kier alpha value is -0.350. The van der Waals surface area contributed by atoms with E-state index in [1.165, 1.54) is 36.1 Å². The fraction of sp³-hybridized carbons (Fsp3) is 0.643. The lowest BCUT2D eigenvalue weighted by molar-refractivity contribution is 0.0797. The molecule has 100 valence electrons. The van der Waals surface area contributed by atoms with E-state index in [0.29, 0.717) is 0 Å². The van der Waals surface area contributed by atoms with Gasteiger partial charge in [0.2, 0.25) is 0 Å². The Morgan fingerprint density at radius 2 is 2.22 bits per heavy atom. The van der Waals surface area contributed by atoms with Crippen LogP contribution in [0.3, 0.4) is 0 Å². The van der Waals surface area contributed by atoms with Crippen LogP contribution >= 0.6 is 27.3 Å². The summed E-state index contributed by atoms with van der Waals surface area (Å²) in [6.45, 7) is 0.869. The highest BCUT2D eigenvalue weighted by atomic mass is 79.9. The first-order valence-corrected chi connectivity index (χ1v) is 8.59. The third-order valence-electron chi connectivity index (χ3n) is 3.43. The van der Waals surface area contributed by atoms with E-state index in [1.54, 1.807) is 11.3 Å². The first-order chi connectivity index (χ1) is 8.72. The molecule has 0 aliphatic heterocycles. The molecule has 1 aromatic rings. The van der Waals surface area contributed by atoms with Crippen LogP contribution in [-0.2, 0) is 12.8 Å². The van der Waals surface area contributed by atoms with Crippen molar-refractivity contribution in [3.05, 3.63) is 21.4 Å². The van der Waals surface area contributed by atoms with Crippen molar-refractivity contribution in [3.63, 3.8) is 0 Å². The lowest BCUT2D eigenvalue weighted by Gasteiger charge is -2.15. The van der Waals surface area contributed by atoms with Gasteiger partial charge in [-0.05, 0) is 43.7 Å². The second kappa shape index (κ2) is 6.71. The van der Waals surface area contributed by atoms with Gasteiger partial charge in [-0.2, -0.15) is 0 Å². The van der Waals surface area contributed by atoms with Gasteiger partial charge in [0.05, 0.1) is 4.88 Å². The SMILES string of the molecule is CN(CCCCCBr)C(=O)c1cc2c(s1)CCC2. The van der Waals surface area contributed by atoms with E-state index >= 15 is 0 Å². The summed E-state index contributed by atoms with van der Waals surface area (Å²) in [6, 6.07) is 2.12. The predicted molar refractivity (Wildman–Crippen MR) is 80.9 cm³/mol. The number of nitrogens with zero attached hydrogens (tertiary/aromatic N) is 1. The van der Waals surface area contributed by atoms with Gasteiger partial charge in [-0.1, -0.05) is 22.4 Å². The lowest BCUT2D eigenvalue weighted by Crippen LogP contribution is -2.27. The minimum atomic E-state index is 0.202. The normalized spacial score (nSPS) is 13.7. The second-order valence-electron chi connectivity index (χ2n) is 4.89. The number of rotatable bonds is 6. The van der Waals surface area contributed by atoms with Gasteiger partial charge in [0.15, 0.2) is 0 Å². The van der Waals surface area contributed by atoms with Gasteiger partial charge in [0.1, 0.15) is 0 Å². The molecule has 2 nitrogen and oxygen atoms in total. The number of hydrogen-bond donors (Lipinski definition) is 0. The number of alkyl halides is 1. The van der Waals surface area contributed by atoms with Crippen LogP contribution in [0.5, 0.6) is 0 Å². The number of carbonyl (C=O) groups excluding carboxylic acids is 1. The molecule has 2 rings (SSSR count). The fourth-order valence-corrected chi connectivity index (χ4v) is 3.99. The molecule has 1 aliphatic carbocycles. The molecule has 4 heteroatoms. The van der Waals surface area contributed by atoms with Crippen LogP contribution in [0.1, 0.15) is 45.8 Å². The third kappa shape index (κ3) is 3.35. The van der Waals surface area contributed by atoms with Crippen molar-refractivity contribution in [1.29, 1.82) is 0 Å². The number of thiophene rings is 1. The number of unbranched alkanes of at least 4 members (excludes halogenated alkanes) is 2. The largest absolute Gasteiger partial charge is 0.341 e. The van der Waals surface area contributed by atoms with Gasteiger partial charge in [0.25, 0.3) is 5.91 Å². The van der Waals surface area contributed by atoms with Gasteiger partial charge in [-0.15, -0.1) is 11.3 Å². The molecule has 0 radical (unpaired) electrons. The zero-order chi connectivity index (χ0) is 13.0. The number of hydrogen-bond acceptors (Lipinski definition) is 2. The summed E-state index contributed by atoms with van der Waals surface area (Å²) in [5, 5.41) is 1.06. The molecule has 1 aliphatic rings. The average molecular weight is 330 g/mol. The highest BCUT2D eigenvalue weighted by molar-refractivity contribution is 9.09. The predicted octanol–water partition coefficient (Wildman–Crippen LogP) is 3.87. The second-order valence-corrected chi connectivity index (χ2v) is 6.82. The molecule has 0 spiro atoms. The van der Waals surface area contributed by atoms with Crippen LogP contribution in [0.15, 0.2) is 6.07 Å². The van der Waals surface area contributed by atoms with Crippen LogP contribution in [-0.4, -0.2) is 29.7 Å². The first kappa shape index (κ1) is 14.1. The maximum absolute atomic E-state index is 12.2. The van der Waals surface area contributed by atoms with Crippen molar-refractivity contribution in [2.24, 2.45) is 0 Å². The Morgan fingerprint density at radius 1 is 1.39 bits per heavy atom. The molecule has 0 aromatic carbocycles. The summed E-state index contributed by atoms with van der Waals surface area (Å²) < 4.78 is 0. The summed E-state index contributed by atoms with van der Waals surface area (Å²) in [7, 11) is 1.92. The summed E-state index contributed by atoms with van der Waals surface area (Å²) in [6.07, 6.45) is 7.06. The van der Waals surface area contributed by atoms with E-state index in [2.05, 4.69) is 22.0 Å². The van der Waals surface area contributed by atoms with Crippen LogP contribution in [0.25, 0.3) is 0 Å². The highest BCUT2D eigenvalue weighted by Gasteiger charge is 2.20. The summed E-state index contributed by atoms with van der Waals surface area (Å²) in [5.74, 6) is 0.202. The van der Waals surface area contributed by atoms with Crippen molar-refractivity contribution < 1.29 is 4.79 Å². The average Bonchev–Trinajstić information content (AvgIpc) is 2.94. The topological polar surface area (TPSA) is 20.3 Å². The molecule has 0 saturated carbocycles. The first-order valence-electron chi connectivity index (χ1n) is 6.65. The highest BCUT2D eigenvalue weighted by Crippen LogP contribution is 2.31. The Labute approximate surface area is 122 Å². The van der Waals surface area contributed by atoms with Crippen molar-refractivity contribution in [2.45, 2.75) is 38.5 Å². The molecule has 0 fully saturated rings. The molecule has 1 aromatic heterocycles. The van der Waals surface area contributed by atoms with Crippen LogP contribution in [0.4, 0.5) is 0 Å². The van der Waals surface area contributed by atoms with E-state index in [1.807, 2.05) is 11.9 Å². The minimum absolute atomic E-state index is 0.202. The minimum Gasteiger partial charge on any atom is -0.341 e. The van der Waals surface area contributed by atoms with Crippen molar-refractivity contribution >= 4 is 33.2 Å². The molecular formula is C14H20BrNOS. The van der Waals surface area contributed by atoms with Gasteiger partial charge < -0.3 is 4.90 Å². The quantitative estimate of drug-likeness (QED) is 0.573. The van der Waals surface area contributed by atoms with Crippen molar-refractivity contribution in [3.8, 4) is 0 Å². The van der Waals surface area contributed by atoms with E-state index in [9.17, 15) is 4.79 Å². The van der Waals surface area contributed by atoms with E-state index < -0.39 is 0 Å². The number of carbonyl (C=O) groups is 1. The third-order valence-corrected chi connectivity index (χ3v) is 5.22. The molecule has 0 unspecified atom stereocenters. The zero-order valence-electron chi connectivity index (χ0n) is 10.9. The molecule has 18 heavy (non-hydrogen) atoms. The van der Waals surface area contributed by atoms with Crippen LogP contribution in [0.2, 0.25) is 0 Å². The van der Waals surface area contributed by atoms with E-state index in [0.717, 1.165) is 29.6 Å². The molecule has 0 atom stereocenters. The van der Waals surface area contributed by atoms with Crippen LogP contribution < -0.4 is 0 Å². The van der Waals surface area contributed by atoms with E-state index in [4.69, 9.17) is 0 Å². The van der Waals surface area contributed by atoms with Gasteiger partial charge in [-0.3, -0.25) is 4.79 Å². The summed E-state index contributed by atoms with van der Waals surface area (Å²) >= 11 is 5.13. The smallest absolute Gasteiger partial charge is 0.263 e. The summed E-state index contributed by atoms with van der Waals surface area (Å²) in [4.78, 5) is 16.5. The van der Waals surface area contributed by atoms with Crippen molar-refractivity contribution in [2.75, 3.05) is 18.9 Å². The molecule has 1 amide bonds. The Morgan fingerprint density at radius 3 is 2.94 bits per heavy atom. The molecule has 1 heterocycles.